The molecular weight excluding hydrogens is 334 g/mol. The van der Waals surface area contributed by atoms with Gasteiger partial charge in [-0.2, -0.15) is 0 Å². The van der Waals surface area contributed by atoms with Crippen molar-refractivity contribution in [3.63, 3.8) is 0 Å². The second-order valence-corrected chi connectivity index (χ2v) is 5.93. The zero-order valence-corrected chi connectivity index (χ0v) is 14.4. The lowest BCUT2D eigenvalue weighted by Gasteiger charge is -2.16. The minimum atomic E-state index is -0.597. The molecule has 0 atom stereocenters. The highest BCUT2D eigenvalue weighted by atomic mass is 16.5. The van der Waals surface area contributed by atoms with E-state index in [1.807, 2.05) is 0 Å². The van der Waals surface area contributed by atoms with Crippen molar-refractivity contribution in [3.05, 3.63) is 59.7 Å². The van der Waals surface area contributed by atoms with Crippen LogP contribution in [-0.2, 0) is 9.53 Å². The van der Waals surface area contributed by atoms with Gasteiger partial charge in [-0.05, 0) is 48.9 Å². The van der Waals surface area contributed by atoms with Gasteiger partial charge in [0.1, 0.15) is 5.75 Å². The number of Topliss-reactive ketones (excluding diaryl/α,β-unsaturated/α-hetero) is 1. The van der Waals surface area contributed by atoms with Gasteiger partial charge in [-0.3, -0.25) is 9.59 Å². The topological polar surface area (TPSA) is 72.9 Å². The van der Waals surface area contributed by atoms with Crippen molar-refractivity contribution >= 4 is 23.3 Å². The third-order valence-electron chi connectivity index (χ3n) is 4.21. The fourth-order valence-electron chi connectivity index (χ4n) is 2.80. The molecule has 1 heterocycles. The van der Waals surface area contributed by atoms with Gasteiger partial charge in [0.05, 0.1) is 12.7 Å². The van der Waals surface area contributed by atoms with E-state index in [9.17, 15) is 14.4 Å². The fourth-order valence-corrected chi connectivity index (χ4v) is 2.80. The molecule has 0 aliphatic carbocycles. The SMILES string of the molecule is COc1ccc(C(=O)COC(=O)c2cccc(N3CCCC3=O)c2)cc1. The molecule has 6 nitrogen and oxygen atoms in total. The maximum Gasteiger partial charge on any atom is 0.338 e. The first-order valence-electron chi connectivity index (χ1n) is 8.33. The Morgan fingerprint density at radius 2 is 1.85 bits per heavy atom. The summed E-state index contributed by atoms with van der Waals surface area (Å²) in [6.07, 6.45) is 1.33. The molecule has 6 heteroatoms. The van der Waals surface area contributed by atoms with Crippen LogP contribution >= 0.6 is 0 Å². The molecule has 3 rings (SSSR count). The summed E-state index contributed by atoms with van der Waals surface area (Å²) >= 11 is 0. The average molecular weight is 353 g/mol. The van der Waals surface area contributed by atoms with Crippen LogP contribution in [0, 0.1) is 0 Å². The van der Waals surface area contributed by atoms with Crippen molar-refractivity contribution in [1.82, 2.24) is 0 Å². The lowest BCUT2D eigenvalue weighted by molar-refractivity contribution is -0.117. The molecule has 1 saturated heterocycles. The number of amides is 1. The Bertz CT molecular complexity index is 828. The van der Waals surface area contributed by atoms with E-state index in [-0.39, 0.29) is 18.3 Å². The van der Waals surface area contributed by atoms with Gasteiger partial charge in [-0.15, -0.1) is 0 Å². The molecule has 1 fully saturated rings. The number of ether oxygens (including phenoxy) is 2. The average Bonchev–Trinajstić information content (AvgIpc) is 3.12. The molecule has 0 spiro atoms. The normalized spacial score (nSPS) is 13.6. The van der Waals surface area contributed by atoms with Gasteiger partial charge < -0.3 is 14.4 Å². The zero-order valence-electron chi connectivity index (χ0n) is 14.4. The number of ketones is 1. The van der Waals surface area contributed by atoms with Gasteiger partial charge in [-0.1, -0.05) is 6.07 Å². The first-order valence-corrected chi connectivity index (χ1v) is 8.33. The fraction of sp³-hybridized carbons (Fsp3) is 0.250. The number of methoxy groups -OCH3 is 1. The molecule has 0 aromatic heterocycles. The van der Waals surface area contributed by atoms with Gasteiger partial charge in [0.2, 0.25) is 5.91 Å². The Kier molecular flexibility index (Phi) is 5.31. The quantitative estimate of drug-likeness (QED) is 0.590. The molecule has 2 aromatic rings. The van der Waals surface area contributed by atoms with Gasteiger partial charge in [-0.25, -0.2) is 4.79 Å². The van der Waals surface area contributed by atoms with Crippen molar-refractivity contribution in [3.8, 4) is 5.75 Å². The molecule has 2 aromatic carbocycles. The summed E-state index contributed by atoms with van der Waals surface area (Å²) in [6.45, 7) is 0.297. The Hall–Kier alpha value is -3.15. The van der Waals surface area contributed by atoms with E-state index in [2.05, 4.69) is 0 Å². The third kappa shape index (κ3) is 3.91. The van der Waals surface area contributed by atoms with Gasteiger partial charge in [0, 0.05) is 24.2 Å². The number of hydrogen-bond donors (Lipinski definition) is 0. The van der Waals surface area contributed by atoms with Crippen LogP contribution in [0.5, 0.6) is 5.75 Å². The molecule has 26 heavy (non-hydrogen) atoms. The smallest absolute Gasteiger partial charge is 0.338 e. The Labute approximate surface area is 151 Å². The van der Waals surface area contributed by atoms with E-state index in [0.717, 1.165) is 6.42 Å². The number of nitrogens with zero attached hydrogens (tertiary/aromatic N) is 1. The number of hydrogen-bond acceptors (Lipinski definition) is 5. The summed E-state index contributed by atoms with van der Waals surface area (Å²) in [7, 11) is 1.54. The molecular formula is C20H19NO5. The molecule has 1 aliphatic heterocycles. The van der Waals surface area contributed by atoms with E-state index in [0.29, 0.717) is 35.5 Å². The minimum absolute atomic E-state index is 0.0465. The predicted molar refractivity (Wildman–Crippen MR) is 95.6 cm³/mol. The van der Waals surface area contributed by atoms with Crippen molar-refractivity contribution in [2.24, 2.45) is 0 Å². The largest absolute Gasteiger partial charge is 0.497 e. The van der Waals surface area contributed by atoms with E-state index in [1.54, 1.807) is 60.5 Å². The molecule has 0 unspecified atom stereocenters. The monoisotopic (exact) mass is 353 g/mol. The van der Waals surface area contributed by atoms with Crippen LogP contribution in [0.3, 0.4) is 0 Å². The molecule has 1 amide bonds. The standard InChI is InChI=1S/C20H19NO5/c1-25-17-9-7-14(8-10-17)18(22)13-26-20(24)15-4-2-5-16(12-15)21-11-3-6-19(21)23/h2,4-5,7-10,12H,3,6,11,13H2,1H3. The highest BCUT2D eigenvalue weighted by Gasteiger charge is 2.22. The summed E-state index contributed by atoms with van der Waals surface area (Å²) in [6, 6.07) is 13.3. The maximum atomic E-state index is 12.2. The van der Waals surface area contributed by atoms with Crippen LogP contribution in [0.4, 0.5) is 5.69 Å². The van der Waals surface area contributed by atoms with Crippen LogP contribution in [0.2, 0.25) is 0 Å². The minimum Gasteiger partial charge on any atom is -0.497 e. The number of carbonyl (C=O) groups is 3. The van der Waals surface area contributed by atoms with Gasteiger partial charge in [0.25, 0.3) is 0 Å². The molecule has 134 valence electrons. The number of carbonyl (C=O) groups excluding carboxylic acids is 3. The van der Waals surface area contributed by atoms with E-state index < -0.39 is 5.97 Å². The lowest BCUT2D eigenvalue weighted by atomic mass is 10.1. The molecule has 0 saturated carbocycles. The summed E-state index contributed by atoms with van der Waals surface area (Å²) in [4.78, 5) is 37.8. The Balaban J connectivity index is 1.62. The van der Waals surface area contributed by atoms with Crippen LogP contribution in [0.1, 0.15) is 33.6 Å². The van der Waals surface area contributed by atoms with Gasteiger partial charge >= 0.3 is 5.97 Å². The van der Waals surface area contributed by atoms with E-state index in [1.165, 1.54) is 0 Å². The van der Waals surface area contributed by atoms with E-state index in [4.69, 9.17) is 9.47 Å². The number of benzene rings is 2. The number of rotatable bonds is 6. The number of esters is 1. The first kappa shape index (κ1) is 17.7. The van der Waals surface area contributed by atoms with Crippen molar-refractivity contribution in [2.45, 2.75) is 12.8 Å². The predicted octanol–water partition coefficient (Wildman–Crippen LogP) is 2.86. The second kappa shape index (κ2) is 7.82. The van der Waals surface area contributed by atoms with E-state index >= 15 is 0 Å². The highest BCUT2D eigenvalue weighted by Crippen LogP contribution is 2.22. The first-order chi connectivity index (χ1) is 12.6. The maximum absolute atomic E-state index is 12.2. The third-order valence-corrected chi connectivity index (χ3v) is 4.21. The second-order valence-electron chi connectivity index (χ2n) is 5.93. The molecule has 0 radical (unpaired) electrons. The van der Waals surface area contributed by atoms with Crippen LogP contribution in [0.15, 0.2) is 48.5 Å². The zero-order chi connectivity index (χ0) is 18.5. The highest BCUT2D eigenvalue weighted by molar-refractivity contribution is 6.00. The Morgan fingerprint density at radius 3 is 2.50 bits per heavy atom. The van der Waals surface area contributed by atoms with Crippen LogP contribution in [0.25, 0.3) is 0 Å². The molecule has 0 N–H and O–H groups in total. The summed E-state index contributed by atoms with van der Waals surface area (Å²) < 4.78 is 10.2. The Morgan fingerprint density at radius 1 is 1.08 bits per heavy atom. The van der Waals surface area contributed by atoms with Crippen LogP contribution in [-0.4, -0.2) is 37.9 Å². The summed E-state index contributed by atoms with van der Waals surface area (Å²) in [5.74, 6) is -0.204. The summed E-state index contributed by atoms with van der Waals surface area (Å²) in [5.41, 5.74) is 1.42. The molecule has 0 bridgehead atoms. The van der Waals surface area contributed by atoms with Crippen molar-refractivity contribution < 1.29 is 23.9 Å². The van der Waals surface area contributed by atoms with Crippen LogP contribution < -0.4 is 9.64 Å². The summed E-state index contributed by atoms with van der Waals surface area (Å²) in [5, 5.41) is 0. The number of anilines is 1. The lowest BCUT2D eigenvalue weighted by Crippen LogP contribution is -2.24. The van der Waals surface area contributed by atoms with Crippen molar-refractivity contribution in [1.29, 1.82) is 0 Å². The van der Waals surface area contributed by atoms with Gasteiger partial charge in [0.15, 0.2) is 12.4 Å². The van der Waals surface area contributed by atoms with Crippen molar-refractivity contribution in [2.75, 3.05) is 25.2 Å². The molecule has 1 aliphatic rings.